The van der Waals surface area contributed by atoms with E-state index in [4.69, 9.17) is 16.0 Å². The summed E-state index contributed by atoms with van der Waals surface area (Å²) in [6, 6.07) is 8.91. The van der Waals surface area contributed by atoms with Crippen molar-refractivity contribution >= 4 is 34.2 Å². The lowest BCUT2D eigenvalue weighted by molar-refractivity contribution is 0.557. The number of rotatable bonds is 2. The van der Waals surface area contributed by atoms with Gasteiger partial charge in [-0.15, -0.1) is 0 Å². The molecule has 114 valence electrons. The third kappa shape index (κ3) is 2.51. The Labute approximate surface area is 137 Å². The zero-order valence-corrected chi connectivity index (χ0v) is 13.0. The molecule has 0 atom stereocenters. The number of furan rings is 1. The summed E-state index contributed by atoms with van der Waals surface area (Å²) < 4.78 is 6.98. The molecule has 0 radical (unpaired) electrons. The van der Waals surface area contributed by atoms with Crippen LogP contribution < -0.4 is 5.56 Å². The summed E-state index contributed by atoms with van der Waals surface area (Å²) in [5.74, 6) is 1.50. The number of nitrogens with zero attached hydrogens (tertiary/aromatic N) is 2. The summed E-state index contributed by atoms with van der Waals surface area (Å²) in [6.45, 7) is 0.653. The quantitative estimate of drug-likeness (QED) is 0.711. The van der Waals surface area contributed by atoms with Gasteiger partial charge in [0.25, 0.3) is 5.56 Å². The fourth-order valence-corrected chi connectivity index (χ4v) is 2.96. The standard InChI is InChI=1S/C18H13ClN2O2/c19-13-6-7-15-16(11-13)20-17-12(8-9-21(17)18(15)22)3-1-4-14-5-2-10-23-14/h1-7,10-11H,8-9H2/b4-1+,12-3-. The van der Waals surface area contributed by atoms with Gasteiger partial charge in [-0.05, 0) is 48.4 Å². The molecule has 2 aromatic heterocycles. The van der Waals surface area contributed by atoms with Crippen LogP contribution >= 0.6 is 11.6 Å². The summed E-state index contributed by atoms with van der Waals surface area (Å²) >= 11 is 6.01. The van der Waals surface area contributed by atoms with Gasteiger partial charge in [-0.25, -0.2) is 4.98 Å². The van der Waals surface area contributed by atoms with Crippen molar-refractivity contribution in [2.24, 2.45) is 0 Å². The summed E-state index contributed by atoms with van der Waals surface area (Å²) in [6.07, 6.45) is 8.19. The highest BCUT2D eigenvalue weighted by molar-refractivity contribution is 6.31. The Bertz CT molecular complexity index is 998. The molecule has 0 fully saturated rings. The number of aromatic nitrogens is 2. The van der Waals surface area contributed by atoms with Crippen LogP contribution in [-0.2, 0) is 6.54 Å². The van der Waals surface area contributed by atoms with Crippen LogP contribution in [0.4, 0.5) is 0 Å². The average Bonchev–Trinajstić information content (AvgIpc) is 3.18. The lowest BCUT2D eigenvalue weighted by atomic mass is 10.2. The maximum Gasteiger partial charge on any atom is 0.261 e. The summed E-state index contributed by atoms with van der Waals surface area (Å²) in [5, 5.41) is 1.18. The van der Waals surface area contributed by atoms with Crippen molar-refractivity contribution in [3.05, 3.63) is 75.7 Å². The Kier molecular flexibility index (Phi) is 3.39. The van der Waals surface area contributed by atoms with Crippen LogP contribution in [0.15, 0.2) is 58.0 Å². The van der Waals surface area contributed by atoms with Crippen molar-refractivity contribution in [1.82, 2.24) is 9.55 Å². The third-order valence-electron chi connectivity index (χ3n) is 3.91. The second kappa shape index (κ2) is 5.56. The van der Waals surface area contributed by atoms with Crippen LogP contribution in [0.25, 0.3) is 22.6 Å². The molecule has 0 unspecified atom stereocenters. The van der Waals surface area contributed by atoms with E-state index in [1.165, 1.54) is 0 Å². The molecule has 5 heteroatoms. The van der Waals surface area contributed by atoms with Crippen LogP contribution in [0.2, 0.25) is 5.02 Å². The highest BCUT2D eigenvalue weighted by atomic mass is 35.5. The maximum atomic E-state index is 12.6. The zero-order chi connectivity index (χ0) is 15.8. The van der Waals surface area contributed by atoms with E-state index in [0.717, 1.165) is 17.8 Å². The molecule has 4 nitrogen and oxygen atoms in total. The molecular formula is C18H13ClN2O2. The molecule has 0 spiro atoms. The summed E-state index contributed by atoms with van der Waals surface area (Å²) in [4.78, 5) is 17.2. The minimum atomic E-state index is -0.0138. The van der Waals surface area contributed by atoms with Gasteiger partial charge in [0.2, 0.25) is 0 Å². The van der Waals surface area contributed by atoms with Crippen LogP contribution in [0.3, 0.4) is 0 Å². The van der Waals surface area contributed by atoms with E-state index in [-0.39, 0.29) is 5.56 Å². The Morgan fingerprint density at radius 1 is 1.30 bits per heavy atom. The molecule has 0 bridgehead atoms. The number of hydrogen-bond acceptors (Lipinski definition) is 3. The second-order valence-corrected chi connectivity index (χ2v) is 5.81. The first kappa shape index (κ1) is 14.0. The molecule has 0 saturated heterocycles. The predicted octanol–water partition coefficient (Wildman–Crippen LogP) is 4.14. The van der Waals surface area contributed by atoms with Crippen molar-refractivity contribution in [3.8, 4) is 0 Å². The predicted molar refractivity (Wildman–Crippen MR) is 91.3 cm³/mol. The van der Waals surface area contributed by atoms with E-state index in [1.54, 1.807) is 29.0 Å². The van der Waals surface area contributed by atoms with Gasteiger partial charge in [0.15, 0.2) is 0 Å². The first-order chi connectivity index (χ1) is 11.2. The number of fused-ring (bicyclic) bond motifs is 2. The lowest BCUT2D eigenvalue weighted by Crippen LogP contribution is -2.20. The minimum absolute atomic E-state index is 0.0138. The molecule has 0 N–H and O–H groups in total. The number of benzene rings is 1. The number of hydrogen-bond donors (Lipinski definition) is 0. The van der Waals surface area contributed by atoms with E-state index in [2.05, 4.69) is 4.98 Å². The highest BCUT2D eigenvalue weighted by Crippen LogP contribution is 2.26. The molecule has 0 amide bonds. The van der Waals surface area contributed by atoms with Gasteiger partial charge in [0.05, 0.1) is 17.2 Å². The van der Waals surface area contributed by atoms with Gasteiger partial charge in [-0.2, -0.15) is 0 Å². The van der Waals surface area contributed by atoms with Gasteiger partial charge in [-0.1, -0.05) is 23.8 Å². The van der Waals surface area contributed by atoms with Crippen LogP contribution in [0, 0.1) is 0 Å². The van der Waals surface area contributed by atoms with Gasteiger partial charge in [0.1, 0.15) is 11.6 Å². The number of allylic oxidation sites excluding steroid dienone is 3. The van der Waals surface area contributed by atoms with E-state index < -0.39 is 0 Å². The normalized spacial score (nSPS) is 15.8. The monoisotopic (exact) mass is 324 g/mol. The summed E-state index contributed by atoms with van der Waals surface area (Å²) in [7, 11) is 0. The van der Waals surface area contributed by atoms with Crippen molar-refractivity contribution in [1.29, 1.82) is 0 Å². The van der Waals surface area contributed by atoms with E-state index >= 15 is 0 Å². The molecule has 0 aliphatic carbocycles. The lowest BCUT2D eigenvalue weighted by Gasteiger charge is -2.05. The fraction of sp³-hybridized carbons (Fsp3) is 0.111. The maximum absolute atomic E-state index is 12.6. The SMILES string of the molecule is O=c1c2ccc(Cl)cc2nc2n1CC/C2=C/C=C/c1ccco1. The van der Waals surface area contributed by atoms with Gasteiger partial charge in [-0.3, -0.25) is 9.36 Å². The Hall–Kier alpha value is -2.59. The van der Waals surface area contributed by atoms with E-state index in [1.807, 2.05) is 30.4 Å². The van der Waals surface area contributed by atoms with Crippen LogP contribution in [0.5, 0.6) is 0 Å². The second-order valence-electron chi connectivity index (χ2n) is 5.37. The van der Waals surface area contributed by atoms with Gasteiger partial charge >= 0.3 is 0 Å². The van der Waals surface area contributed by atoms with E-state index in [9.17, 15) is 4.79 Å². The zero-order valence-electron chi connectivity index (χ0n) is 12.2. The molecule has 3 aromatic rings. The minimum Gasteiger partial charge on any atom is -0.465 e. The first-order valence-corrected chi connectivity index (χ1v) is 7.71. The van der Waals surface area contributed by atoms with Crippen molar-refractivity contribution in [2.75, 3.05) is 0 Å². The Balaban J connectivity index is 1.79. The topological polar surface area (TPSA) is 48.0 Å². The molecule has 4 rings (SSSR count). The van der Waals surface area contributed by atoms with Crippen LogP contribution in [0.1, 0.15) is 18.0 Å². The molecule has 1 aromatic carbocycles. The largest absolute Gasteiger partial charge is 0.465 e. The Morgan fingerprint density at radius 2 is 2.22 bits per heavy atom. The van der Waals surface area contributed by atoms with Crippen LogP contribution in [-0.4, -0.2) is 9.55 Å². The fourth-order valence-electron chi connectivity index (χ4n) is 2.79. The average molecular weight is 325 g/mol. The highest BCUT2D eigenvalue weighted by Gasteiger charge is 2.20. The number of halogens is 1. The van der Waals surface area contributed by atoms with Crippen molar-refractivity contribution < 1.29 is 4.42 Å². The Morgan fingerprint density at radius 3 is 3.04 bits per heavy atom. The smallest absolute Gasteiger partial charge is 0.261 e. The van der Waals surface area contributed by atoms with Gasteiger partial charge in [0, 0.05) is 11.6 Å². The van der Waals surface area contributed by atoms with Gasteiger partial charge < -0.3 is 4.42 Å². The van der Waals surface area contributed by atoms with E-state index in [0.29, 0.717) is 28.3 Å². The third-order valence-corrected chi connectivity index (χ3v) is 4.15. The summed E-state index contributed by atoms with van der Waals surface area (Å²) in [5.41, 5.74) is 1.66. The van der Waals surface area contributed by atoms with Crippen molar-refractivity contribution in [2.45, 2.75) is 13.0 Å². The molecule has 23 heavy (non-hydrogen) atoms. The molecule has 3 heterocycles. The molecule has 0 saturated carbocycles. The van der Waals surface area contributed by atoms with Crippen molar-refractivity contribution in [3.63, 3.8) is 0 Å². The molecule has 1 aliphatic heterocycles. The molecular weight excluding hydrogens is 312 g/mol. The first-order valence-electron chi connectivity index (χ1n) is 7.33. The molecule has 1 aliphatic rings.